The van der Waals surface area contributed by atoms with E-state index in [1.54, 1.807) is 6.20 Å². The van der Waals surface area contributed by atoms with Crippen LogP contribution in [0.3, 0.4) is 0 Å². The van der Waals surface area contributed by atoms with E-state index < -0.39 is 0 Å². The summed E-state index contributed by atoms with van der Waals surface area (Å²) in [6.45, 7) is 1.98. The molecule has 0 aromatic carbocycles. The second-order valence-electron chi connectivity index (χ2n) is 2.54. The Balaban J connectivity index is 2.52. The van der Waals surface area contributed by atoms with Gasteiger partial charge in [-0.3, -0.25) is 4.98 Å². The fourth-order valence-electron chi connectivity index (χ4n) is 1.01. The van der Waals surface area contributed by atoms with Crippen LogP contribution in [0.25, 0.3) is 10.7 Å². The van der Waals surface area contributed by atoms with Crippen LogP contribution in [0.2, 0.25) is 5.28 Å². The number of pyridine rings is 1. The number of aryl methyl sites for hydroxylation is 1. The highest BCUT2D eigenvalue weighted by Crippen LogP contribution is 2.23. The fourth-order valence-corrected chi connectivity index (χ4v) is 1.88. The van der Waals surface area contributed by atoms with Gasteiger partial charge in [-0.15, -0.1) is 0 Å². The largest absolute Gasteiger partial charge is 0.253 e. The quantitative estimate of drug-likeness (QED) is 0.728. The van der Waals surface area contributed by atoms with Crippen molar-refractivity contribution in [2.75, 3.05) is 0 Å². The summed E-state index contributed by atoms with van der Waals surface area (Å²) in [6, 6.07) is 3.87. The molecule has 2 heterocycles. The first-order chi connectivity index (χ1) is 6.27. The average Bonchev–Trinajstić information content (AvgIpc) is 2.53. The number of halogens is 1. The molecule has 0 radical (unpaired) electrons. The molecule has 66 valence electrons. The van der Waals surface area contributed by atoms with Crippen LogP contribution >= 0.6 is 23.1 Å². The first-order valence-electron chi connectivity index (χ1n) is 3.68. The molecule has 0 unspecified atom stereocenters. The summed E-state index contributed by atoms with van der Waals surface area (Å²) in [5, 5.41) is 1.05. The van der Waals surface area contributed by atoms with Gasteiger partial charge in [-0.25, -0.2) is 4.98 Å². The predicted molar refractivity (Wildman–Crippen MR) is 52.9 cm³/mol. The highest BCUT2D eigenvalue weighted by Gasteiger charge is 2.07. The van der Waals surface area contributed by atoms with Crippen molar-refractivity contribution in [1.29, 1.82) is 0 Å². The third kappa shape index (κ3) is 1.68. The topological polar surface area (TPSA) is 38.7 Å². The Labute approximate surface area is 84.6 Å². The summed E-state index contributed by atoms with van der Waals surface area (Å²) in [4.78, 5) is 8.26. The normalized spacial score (nSPS) is 10.3. The zero-order chi connectivity index (χ0) is 9.26. The summed E-state index contributed by atoms with van der Waals surface area (Å²) in [5.41, 5.74) is 1.93. The first kappa shape index (κ1) is 8.59. The molecule has 0 aliphatic rings. The SMILES string of the molecule is Cc1cccnc1-c1nc(Cl)ns1. The Kier molecular flexibility index (Phi) is 2.24. The van der Waals surface area contributed by atoms with E-state index >= 15 is 0 Å². The van der Waals surface area contributed by atoms with Gasteiger partial charge in [0, 0.05) is 6.20 Å². The molecule has 0 aliphatic carbocycles. The summed E-state index contributed by atoms with van der Waals surface area (Å²) in [7, 11) is 0. The third-order valence-electron chi connectivity index (χ3n) is 1.61. The lowest BCUT2D eigenvalue weighted by Crippen LogP contribution is -1.85. The van der Waals surface area contributed by atoms with Gasteiger partial charge < -0.3 is 0 Å². The molecule has 2 rings (SSSR count). The van der Waals surface area contributed by atoms with Crippen LogP contribution < -0.4 is 0 Å². The molecule has 0 atom stereocenters. The van der Waals surface area contributed by atoms with Gasteiger partial charge in [-0.05, 0) is 41.7 Å². The van der Waals surface area contributed by atoms with Crippen LogP contribution in [0.15, 0.2) is 18.3 Å². The van der Waals surface area contributed by atoms with Crippen LogP contribution in [0.1, 0.15) is 5.56 Å². The van der Waals surface area contributed by atoms with Crippen molar-refractivity contribution < 1.29 is 0 Å². The van der Waals surface area contributed by atoms with Crippen LogP contribution in [-0.2, 0) is 0 Å². The molecule has 0 aliphatic heterocycles. The molecule has 0 saturated heterocycles. The van der Waals surface area contributed by atoms with E-state index in [0.29, 0.717) is 0 Å². The Hall–Kier alpha value is -1.00. The molecule has 5 heteroatoms. The zero-order valence-corrected chi connectivity index (χ0v) is 8.43. The fraction of sp³-hybridized carbons (Fsp3) is 0.125. The number of rotatable bonds is 1. The van der Waals surface area contributed by atoms with Crippen LogP contribution in [0.5, 0.6) is 0 Å². The van der Waals surface area contributed by atoms with Gasteiger partial charge in [-0.2, -0.15) is 4.37 Å². The van der Waals surface area contributed by atoms with Crippen molar-refractivity contribution >= 4 is 23.1 Å². The maximum absolute atomic E-state index is 5.62. The van der Waals surface area contributed by atoms with E-state index in [1.807, 2.05) is 19.1 Å². The first-order valence-corrected chi connectivity index (χ1v) is 4.84. The monoisotopic (exact) mass is 211 g/mol. The van der Waals surface area contributed by atoms with Crippen LogP contribution in [0.4, 0.5) is 0 Å². The lowest BCUT2D eigenvalue weighted by Gasteiger charge is -1.97. The molecule has 0 fully saturated rings. The Morgan fingerprint density at radius 2 is 2.31 bits per heavy atom. The second-order valence-corrected chi connectivity index (χ2v) is 3.63. The van der Waals surface area contributed by atoms with E-state index in [4.69, 9.17) is 11.6 Å². The lowest BCUT2D eigenvalue weighted by atomic mass is 10.2. The van der Waals surface area contributed by atoms with Gasteiger partial charge >= 0.3 is 0 Å². The standard InChI is InChI=1S/C8H6ClN3S/c1-5-3-2-4-10-6(5)7-11-8(9)12-13-7/h2-4H,1H3. The predicted octanol–water partition coefficient (Wildman–Crippen LogP) is 2.56. The zero-order valence-electron chi connectivity index (χ0n) is 6.86. The number of hydrogen-bond acceptors (Lipinski definition) is 4. The van der Waals surface area contributed by atoms with Crippen molar-refractivity contribution in [2.45, 2.75) is 6.92 Å². The summed E-state index contributed by atoms with van der Waals surface area (Å²) < 4.78 is 3.89. The highest BCUT2D eigenvalue weighted by molar-refractivity contribution is 7.09. The minimum atomic E-state index is 0.282. The van der Waals surface area contributed by atoms with Crippen molar-refractivity contribution in [3.05, 3.63) is 29.2 Å². The van der Waals surface area contributed by atoms with E-state index in [2.05, 4.69) is 14.3 Å². The van der Waals surface area contributed by atoms with Crippen molar-refractivity contribution in [3.8, 4) is 10.7 Å². The van der Waals surface area contributed by atoms with Gasteiger partial charge in [0.25, 0.3) is 0 Å². The maximum atomic E-state index is 5.62. The Morgan fingerprint density at radius 3 is 2.92 bits per heavy atom. The summed E-state index contributed by atoms with van der Waals surface area (Å²) in [5.74, 6) is 0. The van der Waals surface area contributed by atoms with Gasteiger partial charge in [0.1, 0.15) is 5.69 Å². The molecule has 2 aromatic rings. The summed E-state index contributed by atoms with van der Waals surface area (Å²) >= 11 is 6.88. The van der Waals surface area contributed by atoms with Crippen molar-refractivity contribution in [1.82, 2.24) is 14.3 Å². The molecule has 0 N–H and O–H groups in total. The minimum Gasteiger partial charge on any atom is -0.253 e. The average molecular weight is 212 g/mol. The lowest BCUT2D eigenvalue weighted by molar-refractivity contribution is 1.24. The molecular weight excluding hydrogens is 206 g/mol. The molecule has 0 spiro atoms. The van der Waals surface area contributed by atoms with Crippen LogP contribution in [0, 0.1) is 6.92 Å². The number of hydrogen-bond donors (Lipinski definition) is 0. The van der Waals surface area contributed by atoms with Gasteiger partial charge in [0.2, 0.25) is 5.28 Å². The van der Waals surface area contributed by atoms with Crippen LogP contribution in [-0.4, -0.2) is 14.3 Å². The maximum Gasteiger partial charge on any atom is 0.234 e. The summed E-state index contributed by atoms with van der Waals surface area (Å²) in [6.07, 6.45) is 1.73. The molecule has 0 bridgehead atoms. The molecule has 3 nitrogen and oxygen atoms in total. The third-order valence-corrected chi connectivity index (χ3v) is 2.60. The molecule has 2 aromatic heterocycles. The molecule has 13 heavy (non-hydrogen) atoms. The van der Waals surface area contributed by atoms with E-state index in [1.165, 1.54) is 11.5 Å². The highest BCUT2D eigenvalue weighted by atomic mass is 35.5. The molecular formula is C8H6ClN3S. The Morgan fingerprint density at radius 1 is 1.46 bits per heavy atom. The van der Waals surface area contributed by atoms with Gasteiger partial charge in [-0.1, -0.05) is 6.07 Å². The van der Waals surface area contributed by atoms with Crippen molar-refractivity contribution in [2.24, 2.45) is 0 Å². The minimum absolute atomic E-state index is 0.282. The molecule has 0 amide bonds. The smallest absolute Gasteiger partial charge is 0.234 e. The molecule has 0 saturated carbocycles. The van der Waals surface area contributed by atoms with E-state index in [0.717, 1.165) is 16.3 Å². The second kappa shape index (κ2) is 3.40. The van der Waals surface area contributed by atoms with Crippen molar-refractivity contribution in [3.63, 3.8) is 0 Å². The van der Waals surface area contributed by atoms with Gasteiger partial charge in [0.05, 0.1) is 0 Å². The number of nitrogens with zero attached hydrogens (tertiary/aromatic N) is 3. The Bertz CT molecular complexity index is 427. The van der Waals surface area contributed by atoms with E-state index in [9.17, 15) is 0 Å². The van der Waals surface area contributed by atoms with Gasteiger partial charge in [0.15, 0.2) is 5.01 Å². The van der Waals surface area contributed by atoms with E-state index in [-0.39, 0.29) is 5.28 Å². The number of aromatic nitrogens is 3.